The van der Waals surface area contributed by atoms with Crippen molar-refractivity contribution in [3.8, 4) is 11.6 Å². The fourth-order valence-corrected chi connectivity index (χ4v) is 1.51. The molecule has 1 aromatic carbocycles. The lowest BCUT2D eigenvalue weighted by Gasteiger charge is -2.08. The zero-order valence-electron chi connectivity index (χ0n) is 8.93. The molecule has 0 amide bonds. The molecule has 0 radical (unpaired) electrons. The molecule has 16 heavy (non-hydrogen) atoms. The lowest BCUT2D eigenvalue weighted by Crippen LogP contribution is -1.99. The molecule has 5 nitrogen and oxygen atoms in total. The first kappa shape index (κ1) is 10.4. The van der Waals surface area contributed by atoms with E-state index in [1.165, 1.54) is 7.11 Å². The van der Waals surface area contributed by atoms with Gasteiger partial charge in [0, 0.05) is 0 Å². The number of methoxy groups -OCH3 is 2. The molecule has 2 aromatic rings. The number of carbonyl (C=O) groups excluding carboxylic acids is 1. The summed E-state index contributed by atoms with van der Waals surface area (Å²) in [5.41, 5.74) is 0.619. The molecule has 0 saturated carbocycles. The number of nitrogens with zero attached hydrogens (tertiary/aromatic N) is 2. The average molecular weight is 218 g/mol. The molecule has 0 aliphatic heterocycles. The first-order valence-electron chi connectivity index (χ1n) is 4.64. The molecule has 0 atom stereocenters. The van der Waals surface area contributed by atoms with Crippen molar-refractivity contribution in [2.24, 2.45) is 0 Å². The zero-order chi connectivity index (χ0) is 11.5. The second-order valence-electron chi connectivity index (χ2n) is 3.06. The highest BCUT2D eigenvalue weighted by Crippen LogP contribution is 2.30. The molecule has 0 bridgehead atoms. The molecule has 0 aliphatic carbocycles. The predicted molar refractivity (Wildman–Crippen MR) is 58.0 cm³/mol. The number of aldehydes is 1. The summed E-state index contributed by atoms with van der Waals surface area (Å²) in [7, 11) is 3.05. The van der Waals surface area contributed by atoms with E-state index in [0.29, 0.717) is 28.8 Å². The second kappa shape index (κ2) is 4.14. The Morgan fingerprint density at radius 3 is 2.62 bits per heavy atom. The number of aromatic nitrogens is 2. The van der Waals surface area contributed by atoms with E-state index in [9.17, 15) is 4.79 Å². The quantitative estimate of drug-likeness (QED) is 0.730. The number of fused-ring (bicyclic) bond motifs is 1. The van der Waals surface area contributed by atoms with Gasteiger partial charge in [-0.05, 0) is 12.1 Å². The van der Waals surface area contributed by atoms with Crippen LogP contribution in [-0.4, -0.2) is 30.5 Å². The maximum absolute atomic E-state index is 10.7. The van der Waals surface area contributed by atoms with Gasteiger partial charge in [-0.3, -0.25) is 4.79 Å². The Balaban J connectivity index is 2.83. The third-order valence-corrected chi connectivity index (χ3v) is 2.19. The number of ether oxygens (including phenoxy) is 2. The van der Waals surface area contributed by atoms with E-state index in [-0.39, 0.29) is 5.82 Å². The summed E-state index contributed by atoms with van der Waals surface area (Å²) in [6, 6.07) is 5.35. The van der Waals surface area contributed by atoms with E-state index in [0.717, 1.165) is 0 Å². The molecule has 5 heteroatoms. The van der Waals surface area contributed by atoms with Gasteiger partial charge >= 0.3 is 0 Å². The zero-order valence-corrected chi connectivity index (χ0v) is 8.93. The molecule has 0 saturated heterocycles. The maximum atomic E-state index is 10.7. The summed E-state index contributed by atoms with van der Waals surface area (Å²) in [6.07, 6.45) is 0.585. The van der Waals surface area contributed by atoms with Crippen LogP contribution in [-0.2, 0) is 0 Å². The number of rotatable bonds is 3. The summed E-state index contributed by atoms with van der Waals surface area (Å²) in [5.74, 6) is 1.05. The summed E-state index contributed by atoms with van der Waals surface area (Å²) < 4.78 is 10.3. The van der Waals surface area contributed by atoms with Crippen LogP contribution in [0, 0.1) is 0 Å². The molecule has 1 aromatic heterocycles. The van der Waals surface area contributed by atoms with Crippen LogP contribution in [0.5, 0.6) is 11.6 Å². The lowest BCUT2D eigenvalue weighted by molar-refractivity contribution is 0.111. The molecular weight excluding hydrogens is 208 g/mol. The van der Waals surface area contributed by atoms with E-state index in [1.54, 1.807) is 25.3 Å². The van der Waals surface area contributed by atoms with Crippen LogP contribution >= 0.6 is 0 Å². The van der Waals surface area contributed by atoms with E-state index in [1.807, 2.05) is 0 Å². The summed E-state index contributed by atoms with van der Waals surface area (Å²) >= 11 is 0. The minimum Gasteiger partial charge on any atom is -0.496 e. The van der Waals surface area contributed by atoms with Crippen molar-refractivity contribution in [3.05, 3.63) is 24.0 Å². The highest BCUT2D eigenvalue weighted by Gasteiger charge is 2.11. The van der Waals surface area contributed by atoms with Crippen molar-refractivity contribution in [2.45, 2.75) is 0 Å². The standard InChI is InChI=1S/C11H10N2O3/c1-15-8-5-3-4-7-10(8)11(16-2)13-9(6-14)12-7/h3-6H,1-2H3. The molecule has 2 rings (SSSR count). The number of hydrogen-bond donors (Lipinski definition) is 0. The number of hydrogen-bond acceptors (Lipinski definition) is 5. The molecular formula is C11H10N2O3. The van der Waals surface area contributed by atoms with Crippen LogP contribution in [0.1, 0.15) is 10.6 Å². The highest BCUT2D eigenvalue weighted by molar-refractivity contribution is 5.91. The smallest absolute Gasteiger partial charge is 0.228 e. The molecule has 1 heterocycles. The predicted octanol–water partition coefficient (Wildman–Crippen LogP) is 1.46. The van der Waals surface area contributed by atoms with Gasteiger partial charge in [-0.2, -0.15) is 4.98 Å². The van der Waals surface area contributed by atoms with Gasteiger partial charge in [0.05, 0.1) is 19.7 Å². The van der Waals surface area contributed by atoms with Gasteiger partial charge in [-0.15, -0.1) is 0 Å². The fraction of sp³-hybridized carbons (Fsp3) is 0.182. The Labute approximate surface area is 92.0 Å². The Morgan fingerprint density at radius 2 is 2.00 bits per heavy atom. The van der Waals surface area contributed by atoms with Gasteiger partial charge in [0.1, 0.15) is 11.1 Å². The van der Waals surface area contributed by atoms with Crippen LogP contribution < -0.4 is 9.47 Å². The normalized spacial score (nSPS) is 10.1. The minimum atomic E-state index is 0.0950. The first-order valence-corrected chi connectivity index (χ1v) is 4.64. The van der Waals surface area contributed by atoms with E-state index in [2.05, 4.69) is 9.97 Å². The topological polar surface area (TPSA) is 61.3 Å². The molecule has 82 valence electrons. The fourth-order valence-electron chi connectivity index (χ4n) is 1.51. The maximum Gasteiger partial charge on any atom is 0.228 e. The molecule has 0 aliphatic rings. The van der Waals surface area contributed by atoms with Gasteiger partial charge in [0.15, 0.2) is 12.1 Å². The van der Waals surface area contributed by atoms with Gasteiger partial charge < -0.3 is 9.47 Å². The van der Waals surface area contributed by atoms with Crippen molar-refractivity contribution >= 4 is 17.2 Å². The third-order valence-electron chi connectivity index (χ3n) is 2.19. The van der Waals surface area contributed by atoms with Crippen molar-refractivity contribution in [3.63, 3.8) is 0 Å². The number of carbonyl (C=O) groups is 1. The third kappa shape index (κ3) is 1.56. The second-order valence-corrected chi connectivity index (χ2v) is 3.06. The molecule has 0 unspecified atom stereocenters. The average Bonchev–Trinajstić information content (AvgIpc) is 2.36. The molecule has 0 N–H and O–H groups in total. The van der Waals surface area contributed by atoms with Crippen molar-refractivity contribution < 1.29 is 14.3 Å². The van der Waals surface area contributed by atoms with Crippen molar-refractivity contribution in [2.75, 3.05) is 14.2 Å². The number of benzene rings is 1. The molecule has 0 fully saturated rings. The van der Waals surface area contributed by atoms with Gasteiger partial charge in [-0.25, -0.2) is 4.98 Å². The van der Waals surface area contributed by atoms with E-state index in [4.69, 9.17) is 9.47 Å². The van der Waals surface area contributed by atoms with Crippen molar-refractivity contribution in [1.82, 2.24) is 9.97 Å². The van der Waals surface area contributed by atoms with Gasteiger partial charge in [0.2, 0.25) is 5.88 Å². The van der Waals surface area contributed by atoms with E-state index < -0.39 is 0 Å². The Bertz CT molecular complexity index is 540. The van der Waals surface area contributed by atoms with Gasteiger partial charge in [0.25, 0.3) is 0 Å². The summed E-state index contributed by atoms with van der Waals surface area (Å²) in [4.78, 5) is 18.7. The Hall–Kier alpha value is -2.17. The highest BCUT2D eigenvalue weighted by atomic mass is 16.5. The van der Waals surface area contributed by atoms with Crippen LogP contribution in [0.3, 0.4) is 0 Å². The monoisotopic (exact) mass is 218 g/mol. The van der Waals surface area contributed by atoms with Gasteiger partial charge in [-0.1, -0.05) is 6.07 Å². The first-order chi connectivity index (χ1) is 7.80. The molecule has 0 spiro atoms. The SMILES string of the molecule is COc1cccc2nc(C=O)nc(OC)c12. The largest absolute Gasteiger partial charge is 0.496 e. The van der Waals surface area contributed by atoms with Crippen LogP contribution in [0.15, 0.2) is 18.2 Å². The summed E-state index contributed by atoms with van der Waals surface area (Å²) in [6.45, 7) is 0. The van der Waals surface area contributed by atoms with Crippen LogP contribution in [0.4, 0.5) is 0 Å². The Kier molecular flexibility index (Phi) is 2.68. The van der Waals surface area contributed by atoms with E-state index >= 15 is 0 Å². The van der Waals surface area contributed by atoms with Crippen molar-refractivity contribution in [1.29, 1.82) is 0 Å². The van der Waals surface area contributed by atoms with Crippen LogP contribution in [0.25, 0.3) is 10.9 Å². The minimum absolute atomic E-state index is 0.0950. The Morgan fingerprint density at radius 1 is 1.19 bits per heavy atom. The lowest BCUT2D eigenvalue weighted by atomic mass is 10.2. The van der Waals surface area contributed by atoms with Crippen LogP contribution in [0.2, 0.25) is 0 Å². The summed E-state index contributed by atoms with van der Waals surface area (Å²) in [5, 5.41) is 0.665.